The number of nitrogens with zero attached hydrogens (tertiary/aromatic N) is 2. The van der Waals surface area contributed by atoms with Crippen LogP contribution in [0.4, 0.5) is 4.39 Å². The fourth-order valence-electron chi connectivity index (χ4n) is 4.26. The first-order valence-electron chi connectivity index (χ1n) is 11.6. The van der Waals surface area contributed by atoms with Crippen LogP contribution in [0.3, 0.4) is 0 Å². The van der Waals surface area contributed by atoms with Gasteiger partial charge in [-0.15, -0.1) is 0 Å². The Morgan fingerprint density at radius 2 is 1.76 bits per heavy atom. The number of rotatable bonds is 6. The van der Waals surface area contributed by atoms with E-state index in [1.165, 1.54) is 30.6 Å². The van der Waals surface area contributed by atoms with E-state index in [-0.39, 0.29) is 18.0 Å². The number of thiazole rings is 1. The number of para-hydroxylation sites is 1. The summed E-state index contributed by atoms with van der Waals surface area (Å²) in [6.07, 6.45) is 1.77. The van der Waals surface area contributed by atoms with E-state index in [0.717, 1.165) is 16.7 Å². The summed E-state index contributed by atoms with van der Waals surface area (Å²) in [6, 6.07) is 22.2. The molecule has 5 rings (SSSR count). The van der Waals surface area contributed by atoms with Gasteiger partial charge in [0.15, 0.2) is 4.80 Å². The molecule has 0 amide bonds. The van der Waals surface area contributed by atoms with Crippen LogP contribution in [0, 0.1) is 5.82 Å². The first-order chi connectivity index (χ1) is 18.0. The van der Waals surface area contributed by atoms with E-state index in [9.17, 15) is 14.0 Å². The zero-order valence-corrected chi connectivity index (χ0v) is 21.0. The quantitative estimate of drug-likeness (QED) is 0.363. The Morgan fingerprint density at radius 1 is 1.05 bits per heavy atom. The number of methoxy groups -OCH3 is 1. The number of ether oxygens (including phenoxy) is 2. The van der Waals surface area contributed by atoms with E-state index in [1.54, 1.807) is 29.7 Å². The second-order valence-corrected chi connectivity index (χ2v) is 9.45. The van der Waals surface area contributed by atoms with Crippen LogP contribution >= 0.6 is 11.3 Å². The minimum Gasteiger partial charge on any atom is -0.488 e. The molecule has 1 aromatic heterocycles. The minimum atomic E-state index is -0.656. The lowest BCUT2D eigenvalue weighted by Crippen LogP contribution is -2.39. The Kier molecular flexibility index (Phi) is 6.83. The average Bonchev–Trinajstić information content (AvgIpc) is 3.22. The highest BCUT2D eigenvalue weighted by Crippen LogP contribution is 2.30. The number of halogens is 1. The molecule has 1 aliphatic rings. The lowest BCUT2D eigenvalue weighted by atomic mass is 9.96. The van der Waals surface area contributed by atoms with Crippen molar-refractivity contribution in [1.29, 1.82) is 0 Å². The van der Waals surface area contributed by atoms with Gasteiger partial charge in [0.1, 0.15) is 18.2 Å². The Balaban J connectivity index is 1.58. The second kappa shape index (κ2) is 10.4. The van der Waals surface area contributed by atoms with Crippen LogP contribution < -0.4 is 19.6 Å². The summed E-state index contributed by atoms with van der Waals surface area (Å²) in [7, 11) is 1.32. The fourth-order valence-corrected chi connectivity index (χ4v) is 5.30. The molecule has 4 aromatic rings. The van der Waals surface area contributed by atoms with Crippen LogP contribution in [0.1, 0.15) is 29.7 Å². The molecular formula is C29H23FN2O4S. The van der Waals surface area contributed by atoms with Crippen LogP contribution in [0.15, 0.2) is 99.9 Å². The van der Waals surface area contributed by atoms with Gasteiger partial charge in [-0.05, 0) is 42.3 Å². The molecule has 0 radical (unpaired) electrons. The molecule has 37 heavy (non-hydrogen) atoms. The highest BCUT2D eigenvalue weighted by Gasteiger charge is 2.32. The molecule has 0 aliphatic carbocycles. The monoisotopic (exact) mass is 514 g/mol. The van der Waals surface area contributed by atoms with Crippen molar-refractivity contribution in [1.82, 2.24) is 4.57 Å². The molecule has 0 spiro atoms. The van der Waals surface area contributed by atoms with Crippen molar-refractivity contribution in [3.8, 4) is 5.75 Å². The number of allylic oxidation sites excluding steroid dienone is 1. The van der Waals surface area contributed by atoms with Gasteiger partial charge in [-0.1, -0.05) is 72.0 Å². The zero-order chi connectivity index (χ0) is 25.9. The summed E-state index contributed by atoms with van der Waals surface area (Å²) in [6.45, 7) is 2.00. The van der Waals surface area contributed by atoms with Gasteiger partial charge in [0, 0.05) is 5.56 Å². The highest BCUT2D eigenvalue weighted by atomic mass is 32.1. The Morgan fingerprint density at radius 3 is 2.49 bits per heavy atom. The Bertz CT molecular complexity index is 1670. The topological polar surface area (TPSA) is 69.9 Å². The number of hydrogen-bond donors (Lipinski definition) is 0. The molecule has 6 nitrogen and oxygen atoms in total. The van der Waals surface area contributed by atoms with Gasteiger partial charge in [-0.2, -0.15) is 0 Å². The molecule has 1 unspecified atom stereocenters. The van der Waals surface area contributed by atoms with Crippen molar-refractivity contribution in [3.05, 3.63) is 132 Å². The Hall–Kier alpha value is -4.30. The lowest BCUT2D eigenvalue weighted by Gasteiger charge is -2.24. The van der Waals surface area contributed by atoms with Crippen LogP contribution in [0.25, 0.3) is 6.08 Å². The van der Waals surface area contributed by atoms with E-state index in [4.69, 9.17) is 9.47 Å². The number of fused-ring (bicyclic) bond motifs is 1. The number of esters is 1. The van der Waals surface area contributed by atoms with Crippen LogP contribution in [0.5, 0.6) is 5.75 Å². The first-order valence-corrected chi connectivity index (χ1v) is 12.4. The summed E-state index contributed by atoms with van der Waals surface area (Å²) < 4.78 is 26.3. The van der Waals surface area contributed by atoms with Crippen LogP contribution in [-0.2, 0) is 16.1 Å². The smallest absolute Gasteiger partial charge is 0.338 e. The summed E-state index contributed by atoms with van der Waals surface area (Å²) in [5.41, 5.74) is 2.90. The van der Waals surface area contributed by atoms with Crippen LogP contribution in [0.2, 0.25) is 0 Å². The molecule has 3 aromatic carbocycles. The third-order valence-corrected chi connectivity index (χ3v) is 7.04. The third kappa shape index (κ3) is 4.88. The molecule has 1 atom stereocenters. The lowest BCUT2D eigenvalue weighted by molar-refractivity contribution is -0.136. The van der Waals surface area contributed by atoms with Crippen molar-refractivity contribution in [2.24, 2.45) is 4.99 Å². The minimum absolute atomic E-state index is 0.252. The van der Waals surface area contributed by atoms with Gasteiger partial charge in [-0.25, -0.2) is 14.2 Å². The fraction of sp³-hybridized carbons (Fsp3) is 0.138. The van der Waals surface area contributed by atoms with E-state index in [0.29, 0.717) is 26.4 Å². The molecule has 2 heterocycles. The van der Waals surface area contributed by atoms with Crippen molar-refractivity contribution in [2.75, 3.05) is 7.11 Å². The van der Waals surface area contributed by atoms with Gasteiger partial charge < -0.3 is 9.47 Å². The maximum Gasteiger partial charge on any atom is 0.338 e. The van der Waals surface area contributed by atoms with Gasteiger partial charge >= 0.3 is 5.97 Å². The maximum atomic E-state index is 13.7. The van der Waals surface area contributed by atoms with Crippen LogP contribution in [-0.4, -0.2) is 17.6 Å². The van der Waals surface area contributed by atoms with Crippen molar-refractivity contribution < 1.29 is 18.7 Å². The normalized spacial score (nSPS) is 15.2. The zero-order valence-electron chi connectivity index (χ0n) is 20.2. The van der Waals surface area contributed by atoms with E-state index < -0.39 is 12.0 Å². The van der Waals surface area contributed by atoms with E-state index in [1.807, 2.05) is 54.6 Å². The molecule has 0 saturated carbocycles. The standard InChI is InChI=1S/C29H23FN2O4S/c1-18-25(28(34)35-2)26(20-8-4-3-5-9-20)32-27(33)24(37-29(32)31-18)16-21-10-6-7-11-23(21)36-17-19-12-14-22(30)15-13-19/h3-16,26H,17H2,1-2H3. The van der Waals surface area contributed by atoms with Gasteiger partial charge in [0.25, 0.3) is 5.56 Å². The van der Waals surface area contributed by atoms with Crippen molar-refractivity contribution in [3.63, 3.8) is 0 Å². The highest BCUT2D eigenvalue weighted by molar-refractivity contribution is 7.07. The number of benzene rings is 3. The maximum absolute atomic E-state index is 13.7. The van der Waals surface area contributed by atoms with E-state index >= 15 is 0 Å². The van der Waals surface area contributed by atoms with Crippen molar-refractivity contribution >= 4 is 23.4 Å². The first kappa shape index (κ1) is 24.4. The molecule has 0 saturated heterocycles. The van der Waals surface area contributed by atoms with Gasteiger partial charge in [0.2, 0.25) is 0 Å². The number of hydrogen-bond acceptors (Lipinski definition) is 6. The largest absolute Gasteiger partial charge is 0.488 e. The molecule has 0 bridgehead atoms. The molecule has 0 N–H and O–H groups in total. The van der Waals surface area contributed by atoms with Gasteiger partial charge in [0.05, 0.1) is 29.0 Å². The predicted octanol–water partition coefficient (Wildman–Crippen LogP) is 4.13. The third-order valence-electron chi connectivity index (χ3n) is 6.06. The average molecular weight is 515 g/mol. The summed E-state index contributed by atoms with van der Waals surface area (Å²) in [5.74, 6) is -0.244. The summed E-state index contributed by atoms with van der Waals surface area (Å²) in [5, 5.41) is 0. The molecule has 1 aliphatic heterocycles. The SMILES string of the molecule is COC(=O)C1=C(C)N=c2sc(=Cc3ccccc3OCc3ccc(F)cc3)c(=O)n2C1c1ccccc1. The van der Waals surface area contributed by atoms with Crippen molar-refractivity contribution in [2.45, 2.75) is 19.6 Å². The number of carbonyl (C=O) groups is 1. The number of carbonyl (C=O) groups excluding carboxylic acids is 1. The molecule has 0 fully saturated rings. The molecule has 186 valence electrons. The summed E-state index contributed by atoms with van der Waals surface area (Å²) in [4.78, 5) is 31.5. The molecule has 8 heteroatoms. The Labute approximate surface area is 216 Å². The second-order valence-electron chi connectivity index (χ2n) is 8.44. The van der Waals surface area contributed by atoms with E-state index in [2.05, 4.69) is 4.99 Å². The predicted molar refractivity (Wildman–Crippen MR) is 139 cm³/mol. The molecular weight excluding hydrogens is 491 g/mol. The number of aromatic nitrogens is 1. The van der Waals surface area contributed by atoms with Gasteiger partial charge in [-0.3, -0.25) is 9.36 Å². The summed E-state index contributed by atoms with van der Waals surface area (Å²) >= 11 is 1.25.